The minimum Gasteiger partial charge on any atom is -0.380 e. The second-order valence-electron chi connectivity index (χ2n) is 5.60. The molecule has 1 amide bonds. The van der Waals surface area contributed by atoms with Crippen LogP contribution in [0.15, 0.2) is 73.1 Å². The van der Waals surface area contributed by atoms with E-state index in [4.69, 9.17) is 4.84 Å². The molecule has 3 rings (SSSR count). The number of benzene rings is 2. The summed E-state index contributed by atoms with van der Waals surface area (Å²) in [5.74, 6) is -0.670. The first-order valence-electron chi connectivity index (χ1n) is 8.11. The van der Waals surface area contributed by atoms with E-state index in [1.54, 1.807) is 36.7 Å². The van der Waals surface area contributed by atoms with Gasteiger partial charge < -0.3 is 5.32 Å². The second-order valence-corrected chi connectivity index (χ2v) is 5.60. The SMILES string of the molecule is O=C(NOCc1ccc(F)cc1)c1ccccc1NCc1ccncc1. The first-order chi connectivity index (χ1) is 12.7. The first-order valence-corrected chi connectivity index (χ1v) is 8.11. The number of nitrogens with zero attached hydrogens (tertiary/aromatic N) is 1. The number of aromatic nitrogens is 1. The van der Waals surface area contributed by atoms with E-state index >= 15 is 0 Å². The van der Waals surface area contributed by atoms with E-state index in [2.05, 4.69) is 15.8 Å². The van der Waals surface area contributed by atoms with Crippen LogP contribution in [0.3, 0.4) is 0 Å². The Bertz CT molecular complexity index is 854. The standard InChI is InChI=1S/C20H18FN3O2/c21-17-7-5-16(6-8-17)14-26-24-20(25)18-3-1-2-4-19(18)23-13-15-9-11-22-12-10-15/h1-12,23H,13-14H2,(H,24,25). The van der Waals surface area contributed by atoms with E-state index < -0.39 is 0 Å². The van der Waals surface area contributed by atoms with Crippen LogP contribution in [0.5, 0.6) is 0 Å². The number of hydrogen-bond donors (Lipinski definition) is 2. The third-order valence-corrected chi connectivity index (χ3v) is 3.72. The molecule has 0 unspecified atom stereocenters. The highest BCUT2D eigenvalue weighted by atomic mass is 19.1. The van der Waals surface area contributed by atoms with Crippen molar-refractivity contribution in [1.29, 1.82) is 0 Å². The quantitative estimate of drug-likeness (QED) is 0.637. The summed E-state index contributed by atoms with van der Waals surface area (Å²) in [5, 5.41) is 3.24. The number of carbonyl (C=O) groups is 1. The lowest BCUT2D eigenvalue weighted by Crippen LogP contribution is -2.24. The second kappa shape index (κ2) is 8.73. The van der Waals surface area contributed by atoms with Crippen LogP contribution in [0.4, 0.5) is 10.1 Å². The zero-order valence-electron chi connectivity index (χ0n) is 14.0. The number of anilines is 1. The molecule has 0 aliphatic carbocycles. The van der Waals surface area contributed by atoms with E-state index in [0.29, 0.717) is 17.8 Å². The zero-order valence-corrected chi connectivity index (χ0v) is 14.0. The topological polar surface area (TPSA) is 63.2 Å². The molecule has 5 nitrogen and oxygen atoms in total. The normalized spacial score (nSPS) is 10.3. The number of hydrogen-bond acceptors (Lipinski definition) is 4. The number of halogens is 1. The van der Waals surface area contributed by atoms with E-state index in [1.807, 2.05) is 24.3 Å². The highest BCUT2D eigenvalue weighted by molar-refractivity contribution is 5.98. The van der Waals surface area contributed by atoms with Crippen LogP contribution >= 0.6 is 0 Å². The summed E-state index contributed by atoms with van der Waals surface area (Å²) in [6.45, 7) is 0.724. The average molecular weight is 351 g/mol. The van der Waals surface area contributed by atoms with Crippen LogP contribution in [0.1, 0.15) is 21.5 Å². The predicted molar refractivity (Wildman–Crippen MR) is 96.7 cm³/mol. The molecule has 0 atom stereocenters. The molecule has 132 valence electrons. The Morgan fingerprint density at radius 1 is 0.962 bits per heavy atom. The molecule has 1 heterocycles. The monoisotopic (exact) mass is 351 g/mol. The van der Waals surface area contributed by atoms with Gasteiger partial charge in [-0.25, -0.2) is 9.87 Å². The van der Waals surface area contributed by atoms with Crippen LogP contribution in [0.25, 0.3) is 0 Å². The minimum atomic E-state index is -0.357. The van der Waals surface area contributed by atoms with Gasteiger partial charge in [0.05, 0.1) is 12.2 Å². The average Bonchev–Trinajstić information content (AvgIpc) is 2.69. The van der Waals surface area contributed by atoms with Crippen LogP contribution < -0.4 is 10.8 Å². The molecule has 2 aromatic carbocycles. The number of amides is 1. The van der Waals surface area contributed by atoms with Crippen molar-refractivity contribution < 1.29 is 14.0 Å². The van der Waals surface area contributed by atoms with Gasteiger partial charge in [-0.15, -0.1) is 0 Å². The number of nitrogens with one attached hydrogen (secondary N) is 2. The Morgan fingerprint density at radius 3 is 2.46 bits per heavy atom. The fourth-order valence-corrected chi connectivity index (χ4v) is 2.35. The van der Waals surface area contributed by atoms with E-state index in [0.717, 1.165) is 11.1 Å². The van der Waals surface area contributed by atoms with Gasteiger partial charge in [0.2, 0.25) is 0 Å². The summed E-state index contributed by atoms with van der Waals surface area (Å²) in [7, 11) is 0. The number of para-hydroxylation sites is 1. The molecule has 2 N–H and O–H groups in total. The highest BCUT2D eigenvalue weighted by Crippen LogP contribution is 2.16. The maximum atomic E-state index is 12.9. The molecule has 0 saturated heterocycles. The highest BCUT2D eigenvalue weighted by Gasteiger charge is 2.11. The van der Waals surface area contributed by atoms with Gasteiger partial charge >= 0.3 is 0 Å². The smallest absolute Gasteiger partial charge is 0.276 e. The molecule has 6 heteroatoms. The Balaban J connectivity index is 1.57. The van der Waals surface area contributed by atoms with Crippen LogP contribution in [0, 0.1) is 5.82 Å². The third kappa shape index (κ3) is 4.87. The maximum absolute atomic E-state index is 12.9. The fraction of sp³-hybridized carbons (Fsp3) is 0.100. The van der Waals surface area contributed by atoms with Crippen LogP contribution in [-0.4, -0.2) is 10.9 Å². The Hall–Kier alpha value is -3.25. The zero-order chi connectivity index (χ0) is 18.2. The van der Waals surface area contributed by atoms with Crippen molar-refractivity contribution in [2.75, 3.05) is 5.32 Å². The van der Waals surface area contributed by atoms with Gasteiger partial charge in [-0.3, -0.25) is 14.6 Å². The largest absolute Gasteiger partial charge is 0.380 e. The molecule has 26 heavy (non-hydrogen) atoms. The van der Waals surface area contributed by atoms with Gasteiger partial charge in [0, 0.05) is 24.6 Å². The number of rotatable bonds is 7. The van der Waals surface area contributed by atoms with Crippen molar-refractivity contribution in [3.63, 3.8) is 0 Å². The van der Waals surface area contributed by atoms with Crippen molar-refractivity contribution in [1.82, 2.24) is 10.5 Å². The molecule has 0 bridgehead atoms. The summed E-state index contributed by atoms with van der Waals surface area (Å²) in [4.78, 5) is 21.6. The summed E-state index contributed by atoms with van der Waals surface area (Å²) >= 11 is 0. The molecule has 0 aliphatic rings. The van der Waals surface area contributed by atoms with Gasteiger partial charge in [0.1, 0.15) is 5.82 Å². The fourth-order valence-electron chi connectivity index (χ4n) is 2.35. The van der Waals surface area contributed by atoms with Gasteiger partial charge in [0.25, 0.3) is 5.91 Å². The molecule has 0 saturated carbocycles. The third-order valence-electron chi connectivity index (χ3n) is 3.72. The minimum absolute atomic E-state index is 0.151. The lowest BCUT2D eigenvalue weighted by atomic mass is 10.1. The number of hydroxylamine groups is 1. The molecular formula is C20H18FN3O2. The molecule has 1 aromatic heterocycles. The molecule has 0 fully saturated rings. The summed E-state index contributed by atoms with van der Waals surface area (Å²) in [6, 6.07) is 16.9. The van der Waals surface area contributed by atoms with Gasteiger partial charge in [-0.05, 0) is 47.5 Å². The Labute approximate surface area is 150 Å². The van der Waals surface area contributed by atoms with E-state index in [-0.39, 0.29) is 18.3 Å². The number of carbonyl (C=O) groups excluding carboxylic acids is 1. The van der Waals surface area contributed by atoms with E-state index in [9.17, 15) is 9.18 Å². The van der Waals surface area contributed by atoms with Crippen molar-refractivity contribution in [3.8, 4) is 0 Å². The van der Waals surface area contributed by atoms with Crippen molar-refractivity contribution in [2.45, 2.75) is 13.2 Å². The van der Waals surface area contributed by atoms with Crippen molar-refractivity contribution >= 4 is 11.6 Å². The lowest BCUT2D eigenvalue weighted by Gasteiger charge is -2.12. The Kier molecular flexibility index (Phi) is 5.90. The Morgan fingerprint density at radius 2 is 1.69 bits per heavy atom. The van der Waals surface area contributed by atoms with Crippen LogP contribution in [0.2, 0.25) is 0 Å². The van der Waals surface area contributed by atoms with Crippen molar-refractivity contribution in [3.05, 3.63) is 95.6 Å². The molecule has 3 aromatic rings. The summed E-state index contributed by atoms with van der Waals surface area (Å²) in [5.41, 5.74) is 5.41. The van der Waals surface area contributed by atoms with Crippen molar-refractivity contribution in [2.24, 2.45) is 0 Å². The van der Waals surface area contributed by atoms with E-state index in [1.165, 1.54) is 12.1 Å². The predicted octanol–water partition coefficient (Wildman–Crippen LogP) is 3.69. The first kappa shape index (κ1) is 17.6. The summed E-state index contributed by atoms with van der Waals surface area (Å²) < 4.78 is 12.9. The molecule has 0 spiro atoms. The van der Waals surface area contributed by atoms with Gasteiger partial charge in [-0.1, -0.05) is 24.3 Å². The summed E-state index contributed by atoms with van der Waals surface area (Å²) in [6.07, 6.45) is 3.44. The maximum Gasteiger partial charge on any atom is 0.276 e. The molecule has 0 aliphatic heterocycles. The number of pyridine rings is 1. The molecule has 0 radical (unpaired) electrons. The van der Waals surface area contributed by atoms with Crippen LogP contribution in [-0.2, 0) is 18.0 Å². The van der Waals surface area contributed by atoms with Gasteiger partial charge in [0.15, 0.2) is 0 Å². The lowest BCUT2D eigenvalue weighted by molar-refractivity contribution is 0.0234. The van der Waals surface area contributed by atoms with Gasteiger partial charge in [-0.2, -0.15) is 0 Å². The molecular weight excluding hydrogens is 333 g/mol.